The second kappa shape index (κ2) is 8.10. The fourth-order valence-electron chi connectivity index (χ4n) is 2.38. The lowest BCUT2D eigenvalue weighted by Gasteiger charge is -2.13. The van der Waals surface area contributed by atoms with E-state index in [9.17, 15) is 26.4 Å². The standard InChI is InChI=1S/C17H9Cl3F3N3O3S/c18-13-6-1-9(7-12(13)17(21,22)23)25-30(28,29)11-4-2-10(3-5-11)26-16(27)15(20)14(19)8-24-26/h1-8,25H. The average Bonchev–Trinajstić information content (AvgIpc) is 2.67. The molecule has 13 heteroatoms. The van der Waals surface area contributed by atoms with E-state index in [-0.39, 0.29) is 26.3 Å². The summed E-state index contributed by atoms with van der Waals surface area (Å²) < 4.78 is 66.9. The van der Waals surface area contributed by atoms with Crippen molar-refractivity contribution in [1.82, 2.24) is 9.78 Å². The normalized spacial score (nSPS) is 12.1. The van der Waals surface area contributed by atoms with Gasteiger partial charge in [0.05, 0.1) is 32.4 Å². The zero-order chi connectivity index (χ0) is 22.3. The van der Waals surface area contributed by atoms with Crippen LogP contribution in [0.2, 0.25) is 15.1 Å². The molecule has 3 rings (SSSR count). The van der Waals surface area contributed by atoms with Crippen LogP contribution in [0.3, 0.4) is 0 Å². The van der Waals surface area contributed by atoms with Gasteiger partial charge in [-0.3, -0.25) is 9.52 Å². The summed E-state index contributed by atoms with van der Waals surface area (Å²) in [6, 6.07) is 7.47. The quantitative estimate of drug-likeness (QED) is 0.548. The van der Waals surface area contributed by atoms with Gasteiger partial charge in [-0.1, -0.05) is 34.8 Å². The molecule has 1 aromatic heterocycles. The van der Waals surface area contributed by atoms with Gasteiger partial charge in [0, 0.05) is 5.69 Å². The van der Waals surface area contributed by atoms with Gasteiger partial charge in [0.15, 0.2) is 0 Å². The SMILES string of the molecule is O=c1c(Cl)c(Cl)cnn1-c1ccc(S(=O)(=O)Nc2ccc(Cl)c(C(F)(F)F)c2)cc1. The minimum absolute atomic E-state index is 0.0393. The van der Waals surface area contributed by atoms with E-state index in [1.807, 2.05) is 0 Å². The molecule has 1 N–H and O–H groups in total. The first-order chi connectivity index (χ1) is 13.9. The molecular weight excluding hydrogens is 490 g/mol. The van der Waals surface area contributed by atoms with Gasteiger partial charge in [0.25, 0.3) is 15.6 Å². The van der Waals surface area contributed by atoms with Gasteiger partial charge in [-0.25, -0.2) is 8.42 Å². The number of hydrogen-bond acceptors (Lipinski definition) is 4. The molecule has 0 unspecified atom stereocenters. The van der Waals surface area contributed by atoms with E-state index in [1.165, 1.54) is 12.1 Å². The molecule has 0 saturated carbocycles. The third-order valence-electron chi connectivity index (χ3n) is 3.79. The Balaban J connectivity index is 1.92. The molecular formula is C17H9Cl3F3N3O3S. The molecule has 0 atom stereocenters. The molecule has 0 aliphatic heterocycles. The molecule has 158 valence electrons. The molecule has 0 aliphatic rings. The minimum Gasteiger partial charge on any atom is -0.280 e. The number of halogens is 6. The Kier molecular flexibility index (Phi) is 6.06. The van der Waals surface area contributed by atoms with Crippen molar-refractivity contribution < 1.29 is 21.6 Å². The second-order valence-electron chi connectivity index (χ2n) is 5.82. The van der Waals surface area contributed by atoms with Crippen molar-refractivity contribution in [2.75, 3.05) is 4.72 Å². The first kappa shape index (κ1) is 22.4. The molecule has 0 saturated heterocycles. The van der Waals surface area contributed by atoms with Crippen molar-refractivity contribution in [3.05, 3.63) is 79.6 Å². The highest BCUT2D eigenvalue weighted by molar-refractivity contribution is 7.92. The number of rotatable bonds is 4. The van der Waals surface area contributed by atoms with Gasteiger partial charge in [0.2, 0.25) is 0 Å². The molecule has 0 bridgehead atoms. The Bertz CT molecular complexity index is 1280. The molecule has 3 aromatic rings. The molecule has 0 fully saturated rings. The van der Waals surface area contributed by atoms with E-state index >= 15 is 0 Å². The van der Waals surface area contributed by atoms with Crippen LogP contribution in [0.15, 0.2) is 58.4 Å². The number of nitrogens with zero attached hydrogens (tertiary/aromatic N) is 2. The first-order valence-electron chi connectivity index (χ1n) is 7.83. The molecule has 6 nitrogen and oxygen atoms in total. The van der Waals surface area contributed by atoms with Crippen LogP contribution in [0, 0.1) is 0 Å². The van der Waals surface area contributed by atoms with Gasteiger partial charge in [-0.05, 0) is 42.5 Å². The van der Waals surface area contributed by atoms with Gasteiger partial charge >= 0.3 is 6.18 Å². The van der Waals surface area contributed by atoms with Crippen LogP contribution in [0.4, 0.5) is 18.9 Å². The van der Waals surface area contributed by atoms with E-state index in [0.717, 1.165) is 35.1 Å². The van der Waals surface area contributed by atoms with Crippen molar-refractivity contribution in [3.63, 3.8) is 0 Å². The Morgan fingerprint density at radius 2 is 1.60 bits per heavy atom. The highest BCUT2D eigenvalue weighted by Crippen LogP contribution is 2.36. The maximum absolute atomic E-state index is 13.0. The minimum atomic E-state index is -4.75. The van der Waals surface area contributed by atoms with E-state index in [1.54, 1.807) is 0 Å². The second-order valence-corrected chi connectivity index (χ2v) is 8.69. The van der Waals surface area contributed by atoms with Crippen LogP contribution in [0.25, 0.3) is 5.69 Å². The molecule has 0 aliphatic carbocycles. The van der Waals surface area contributed by atoms with Crippen LogP contribution >= 0.6 is 34.8 Å². The fraction of sp³-hybridized carbons (Fsp3) is 0.0588. The van der Waals surface area contributed by atoms with Crippen LogP contribution in [0.1, 0.15) is 5.56 Å². The summed E-state index contributed by atoms with van der Waals surface area (Å²) in [7, 11) is -4.23. The van der Waals surface area contributed by atoms with Crippen molar-refractivity contribution in [1.29, 1.82) is 0 Å². The lowest BCUT2D eigenvalue weighted by molar-refractivity contribution is -0.137. The smallest absolute Gasteiger partial charge is 0.280 e. The maximum Gasteiger partial charge on any atom is 0.417 e. The van der Waals surface area contributed by atoms with Gasteiger partial charge in [-0.2, -0.15) is 23.0 Å². The summed E-state index contributed by atoms with van der Waals surface area (Å²) in [6.45, 7) is 0. The Morgan fingerprint density at radius 1 is 0.967 bits per heavy atom. The Hall–Kier alpha value is -2.27. The van der Waals surface area contributed by atoms with Crippen molar-refractivity contribution in [2.45, 2.75) is 11.1 Å². The van der Waals surface area contributed by atoms with Crippen molar-refractivity contribution in [3.8, 4) is 5.69 Å². The van der Waals surface area contributed by atoms with E-state index in [2.05, 4.69) is 9.82 Å². The Labute approximate surface area is 182 Å². The van der Waals surface area contributed by atoms with E-state index in [4.69, 9.17) is 34.8 Å². The summed E-state index contributed by atoms with van der Waals surface area (Å²) >= 11 is 17.0. The van der Waals surface area contributed by atoms with Crippen LogP contribution in [-0.2, 0) is 16.2 Å². The summed E-state index contributed by atoms with van der Waals surface area (Å²) in [4.78, 5) is 11.8. The summed E-state index contributed by atoms with van der Waals surface area (Å²) in [5.74, 6) is 0. The highest BCUT2D eigenvalue weighted by atomic mass is 35.5. The number of nitrogens with one attached hydrogen (secondary N) is 1. The van der Waals surface area contributed by atoms with Crippen LogP contribution in [-0.4, -0.2) is 18.2 Å². The predicted molar refractivity (Wildman–Crippen MR) is 107 cm³/mol. The number of benzene rings is 2. The van der Waals surface area contributed by atoms with Crippen LogP contribution < -0.4 is 10.3 Å². The van der Waals surface area contributed by atoms with E-state index < -0.39 is 32.3 Å². The van der Waals surface area contributed by atoms with Gasteiger partial charge < -0.3 is 0 Å². The predicted octanol–water partition coefficient (Wildman–Crippen LogP) is 5.01. The fourth-order valence-corrected chi connectivity index (χ4v) is 3.91. The number of aromatic nitrogens is 2. The number of alkyl halides is 3. The van der Waals surface area contributed by atoms with E-state index in [0.29, 0.717) is 6.07 Å². The summed E-state index contributed by atoms with van der Waals surface area (Å²) in [5, 5.41) is 2.96. The van der Waals surface area contributed by atoms with Crippen LogP contribution in [0.5, 0.6) is 0 Å². The van der Waals surface area contributed by atoms with Gasteiger partial charge in [-0.15, -0.1) is 0 Å². The third kappa shape index (κ3) is 4.56. The zero-order valence-corrected chi connectivity index (χ0v) is 17.5. The molecule has 30 heavy (non-hydrogen) atoms. The largest absolute Gasteiger partial charge is 0.417 e. The molecule has 2 aromatic carbocycles. The number of hydrogen-bond donors (Lipinski definition) is 1. The first-order valence-corrected chi connectivity index (χ1v) is 10.5. The number of anilines is 1. The molecule has 0 amide bonds. The monoisotopic (exact) mass is 497 g/mol. The molecule has 0 radical (unpaired) electrons. The lowest BCUT2D eigenvalue weighted by Crippen LogP contribution is -2.21. The average molecular weight is 499 g/mol. The van der Waals surface area contributed by atoms with Crippen molar-refractivity contribution >= 4 is 50.5 Å². The summed E-state index contributed by atoms with van der Waals surface area (Å²) in [5.41, 5.74) is -2.01. The molecule has 1 heterocycles. The Morgan fingerprint density at radius 3 is 2.20 bits per heavy atom. The lowest BCUT2D eigenvalue weighted by atomic mass is 10.2. The third-order valence-corrected chi connectivity index (χ3v) is 6.27. The zero-order valence-electron chi connectivity index (χ0n) is 14.4. The summed E-state index contributed by atoms with van der Waals surface area (Å²) in [6.07, 6.45) is -3.60. The van der Waals surface area contributed by atoms with Gasteiger partial charge in [0.1, 0.15) is 5.02 Å². The topological polar surface area (TPSA) is 81.1 Å². The maximum atomic E-state index is 13.0. The number of sulfonamides is 1. The highest BCUT2D eigenvalue weighted by Gasteiger charge is 2.33. The van der Waals surface area contributed by atoms with Crippen molar-refractivity contribution in [2.24, 2.45) is 0 Å². The molecule has 0 spiro atoms.